The summed E-state index contributed by atoms with van der Waals surface area (Å²) in [4.78, 5) is 11.9. The van der Waals surface area contributed by atoms with Crippen LogP contribution in [0.25, 0.3) is 11.0 Å². The molecule has 0 atom stereocenters. The highest BCUT2D eigenvalue weighted by Crippen LogP contribution is 2.25. The van der Waals surface area contributed by atoms with Crippen molar-refractivity contribution in [2.75, 3.05) is 13.2 Å². The van der Waals surface area contributed by atoms with E-state index in [0.29, 0.717) is 29.7 Å². The largest absolute Gasteiger partial charge is 0.459 e. The number of fused-ring (bicyclic) bond motifs is 1. The van der Waals surface area contributed by atoms with Gasteiger partial charge in [0.15, 0.2) is 0 Å². The van der Waals surface area contributed by atoms with Crippen molar-refractivity contribution >= 4 is 17.0 Å². The highest BCUT2D eigenvalue weighted by molar-refractivity contribution is 5.82. The molecule has 23 heavy (non-hydrogen) atoms. The second-order valence-electron chi connectivity index (χ2n) is 6.46. The fourth-order valence-electron chi connectivity index (χ4n) is 2.35. The van der Waals surface area contributed by atoms with Crippen molar-refractivity contribution in [3.8, 4) is 0 Å². The molecular weight excluding hydrogens is 299 g/mol. The maximum atomic E-state index is 13.3. The molecule has 0 aliphatic carbocycles. The second-order valence-corrected chi connectivity index (χ2v) is 6.46. The molecule has 1 aromatic heterocycles. The third kappa shape index (κ3) is 4.45. The Morgan fingerprint density at radius 3 is 2.78 bits per heavy atom. The lowest BCUT2D eigenvalue weighted by molar-refractivity contribution is 0.201. The number of hydrogen-bond donors (Lipinski definition) is 3. The number of aliphatic hydroxyl groups is 1. The molecule has 0 bridgehead atoms. The number of urea groups is 1. The molecule has 0 fully saturated rings. The van der Waals surface area contributed by atoms with E-state index in [4.69, 9.17) is 9.52 Å². The van der Waals surface area contributed by atoms with E-state index in [-0.39, 0.29) is 30.4 Å². The molecule has 2 rings (SSSR count). The van der Waals surface area contributed by atoms with Gasteiger partial charge in [-0.2, -0.15) is 0 Å². The first kappa shape index (κ1) is 17.3. The molecule has 3 N–H and O–H groups in total. The highest BCUT2D eigenvalue weighted by Gasteiger charge is 2.18. The molecule has 2 aromatic rings. The van der Waals surface area contributed by atoms with E-state index in [1.165, 1.54) is 12.1 Å². The Balaban J connectivity index is 1.93. The van der Waals surface area contributed by atoms with Crippen LogP contribution in [0.4, 0.5) is 9.18 Å². The van der Waals surface area contributed by atoms with Gasteiger partial charge < -0.3 is 20.2 Å². The molecule has 1 heterocycles. The van der Waals surface area contributed by atoms with E-state index in [2.05, 4.69) is 10.6 Å². The summed E-state index contributed by atoms with van der Waals surface area (Å²) in [5.41, 5.74) is 1.25. The number of aryl methyl sites for hydroxylation is 1. The molecule has 0 saturated heterocycles. The third-order valence-corrected chi connectivity index (χ3v) is 3.92. The average Bonchev–Trinajstić information content (AvgIpc) is 2.79. The Labute approximate surface area is 134 Å². The first-order valence-corrected chi connectivity index (χ1v) is 7.62. The summed E-state index contributed by atoms with van der Waals surface area (Å²) in [5, 5.41) is 15.2. The molecule has 5 nitrogen and oxygen atoms in total. The van der Waals surface area contributed by atoms with Gasteiger partial charge in [0.05, 0.1) is 6.54 Å². The van der Waals surface area contributed by atoms with Crippen LogP contribution >= 0.6 is 0 Å². The van der Waals surface area contributed by atoms with E-state index in [9.17, 15) is 9.18 Å². The lowest BCUT2D eigenvalue weighted by Gasteiger charge is -2.23. The first-order chi connectivity index (χ1) is 10.8. The van der Waals surface area contributed by atoms with Crippen molar-refractivity contribution in [2.24, 2.45) is 5.41 Å². The summed E-state index contributed by atoms with van der Waals surface area (Å²) in [6, 6.07) is 4.05. The average molecular weight is 322 g/mol. The van der Waals surface area contributed by atoms with E-state index in [1.807, 2.05) is 20.8 Å². The summed E-state index contributed by atoms with van der Waals surface area (Å²) in [6.45, 7) is 6.57. The molecule has 6 heteroatoms. The number of halogens is 1. The lowest BCUT2D eigenvalue weighted by Crippen LogP contribution is -2.40. The molecule has 0 aliphatic rings. The van der Waals surface area contributed by atoms with E-state index in [1.54, 1.807) is 6.07 Å². The fraction of sp³-hybridized carbons (Fsp3) is 0.471. The van der Waals surface area contributed by atoms with Gasteiger partial charge in [-0.1, -0.05) is 13.8 Å². The minimum atomic E-state index is -0.315. The van der Waals surface area contributed by atoms with Gasteiger partial charge in [0.1, 0.15) is 17.2 Å². The SMILES string of the molecule is Cc1c(CNC(=O)NCC(C)(C)CCO)oc2ccc(F)cc12. The van der Waals surface area contributed by atoms with Crippen LogP contribution in [-0.2, 0) is 6.54 Å². The molecule has 0 unspecified atom stereocenters. The molecule has 2 amide bonds. The summed E-state index contributed by atoms with van der Waals surface area (Å²) < 4.78 is 18.9. The number of aliphatic hydroxyl groups excluding tert-OH is 1. The maximum Gasteiger partial charge on any atom is 0.315 e. The lowest BCUT2D eigenvalue weighted by atomic mass is 9.90. The van der Waals surface area contributed by atoms with E-state index >= 15 is 0 Å². The normalized spacial score (nSPS) is 11.7. The summed E-state index contributed by atoms with van der Waals surface area (Å²) in [5.74, 6) is 0.292. The van der Waals surface area contributed by atoms with Crippen LogP contribution in [0.3, 0.4) is 0 Å². The van der Waals surface area contributed by atoms with E-state index in [0.717, 1.165) is 5.56 Å². The molecular formula is C17H23FN2O3. The van der Waals surface area contributed by atoms with Crippen molar-refractivity contribution in [3.05, 3.63) is 35.3 Å². The number of rotatable bonds is 6. The van der Waals surface area contributed by atoms with Crippen LogP contribution in [0, 0.1) is 18.2 Å². The summed E-state index contributed by atoms with van der Waals surface area (Å²) >= 11 is 0. The number of benzene rings is 1. The van der Waals surface area contributed by atoms with Crippen molar-refractivity contribution in [2.45, 2.75) is 33.7 Å². The number of furan rings is 1. The van der Waals surface area contributed by atoms with Gasteiger partial charge in [-0.3, -0.25) is 0 Å². The van der Waals surface area contributed by atoms with Gasteiger partial charge in [-0.05, 0) is 37.0 Å². The Morgan fingerprint density at radius 1 is 1.35 bits per heavy atom. The third-order valence-electron chi connectivity index (χ3n) is 3.92. The second kappa shape index (κ2) is 7.00. The molecule has 0 aliphatic heterocycles. The molecule has 0 spiro atoms. The monoisotopic (exact) mass is 322 g/mol. The number of hydrogen-bond acceptors (Lipinski definition) is 3. The van der Waals surface area contributed by atoms with Crippen molar-refractivity contribution in [1.82, 2.24) is 10.6 Å². The van der Waals surface area contributed by atoms with Crippen LogP contribution in [0.5, 0.6) is 0 Å². The zero-order chi connectivity index (χ0) is 17.0. The van der Waals surface area contributed by atoms with Crippen molar-refractivity contribution in [1.29, 1.82) is 0 Å². The van der Waals surface area contributed by atoms with Crippen molar-refractivity contribution < 1.29 is 18.7 Å². The number of nitrogens with one attached hydrogen (secondary N) is 2. The Bertz CT molecular complexity index is 694. The topological polar surface area (TPSA) is 74.5 Å². The molecule has 1 aromatic carbocycles. The number of amides is 2. The first-order valence-electron chi connectivity index (χ1n) is 7.62. The van der Waals surface area contributed by atoms with Crippen LogP contribution in [0.1, 0.15) is 31.6 Å². The summed E-state index contributed by atoms with van der Waals surface area (Å²) in [7, 11) is 0. The Hall–Kier alpha value is -2.08. The molecule has 0 saturated carbocycles. The zero-order valence-corrected chi connectivity index (χ0v) is 13.7. The minimum absolute atomic E-state index is 0.0883. The number of carbonyl (C=O) groups excluding carboxylic acids is 1. The van der Waals surface area contributed by atoms with Gasteiger partial charge in [0.2, 0.25) is 0 Å². The predicted octanol–water partition coefficient (Wildman–Crippen LogP) is 3.09. The van der Waals surface area contributed by atoms with Crippen molar-refractivity contribution in [3.63, 3.8) is 0 Å². The molecule has 0 radical (unpaired) electrons. The van der Waals surface area contributed by atoms with Crippen LogP contribution in [0.2, 0.25) is 0 Å². The van der Waals surface area contributed by atoms with Gasteiger partial charge in [0.25, 0.3) is 0 Å². The zero-order valence-electron chi connectivity index (χ0n) is 13.7. The van der Waals surface area contributed by atoms with Gasteiger partial charge in [0, 0.05) is 24.1 Å². The van der Waals surface area contributed by atoms with Crippen LogP contribution in [-0.4, -0.2) is 24.3 Å². The maximum absolute atomic E-state index is 13.3. The quantitative estimate of drug-likeness (QED) is 0.765. The molecule has 126 valence electrons. The van der Waals surface area contributed by atoms with Crippen LogP contribution < -0.4 is 10.6 Å². The number of carbonyl (C=O) groups is 1. The minimum Gasteiger partial charge on any atom is -0.459 e. The Morgan fingerprint density at radius 2 is 2.09 bits per heavy atom. The van der Waals surface area contributed by atoms with Gasteiger partial charge in [-0.15, -0.1) is 0 Å². The van der Waals surface area contributed by atoms with Gasteiger partial charge in [-0.25, -0.2) is 9.18 Å². The predicted molar refractivity (Wildman–Crippen MR) is 86.6 cm³/mol. The van der Waals surface area contributed by atoms with Gasteiger partial charge >= 0.3 is 6.03 Å². The highest BCUT2D eigenvalue weighted by atomic mass is 19.1. The summed E-state index contributed by atoms with van der Waals surface area (Å²) in [6.07, 6.45) is 0.613. The van der Waals surface area contributed by atoms with Crippen LogP contribution in [0.15, 0.2) is 22.6 Å². The van der Waals surface area contributed by atoms with E-state index < -0.39 is 0 Å². The fourth-order valence-corrected chi connectivity index (χ4v) is 2.35. The Kier molecular flexibility index (Phi) is 5.26. The smallest absolute Gasteiger partial charge is 0.315 e. The standard InChI is InChI=1S/C17H23FN2O3/c1-11-13-8-12(18)4-5-14(13)23-15(11)9-19-16(22)20-10-17(2,3)6-7-21/h4-5,8,21H,6-7,9-10H2,1-3H3,(H2,19,20,22).